The lowest BCUT2D eigenvalue weighted by molar-refractivity contribution is -0.284. The number of rotatable bonds is 9. The van der Waals surface area contributed by atoms with Crippen molar-refractivity contribution in [3.63, 3.8) is 0 Å². The number of phenols is 12. The average Bonchev–Trinajstić information content (AvgIpc) is 3.14. The van der Waals surface area contributed by atoms with Crippen LogP contribution in [0.2, 0.25) is 0 Å². The summed E-state index contributed by atoms with van der Waals surface area (Å²) in [5.41, 5.74) is -2.68. The van der Waals surface area contributed by atoms with Crippen LogP contribution in [0.25, 0.3) is 0 Å². The van der Waals surface area contributed by atoms with E-state index in [2.05, 4.69) is 0 Å². The molecule has 22 nitrogen and oxygen atoms in total. The van der Waals surface area contributed by atoms with Gasteiger partial charge in [0.25, 0.3) is 0 Å². The molecule has 4 aromatic carbocycles. The molecule has 1 heterocycles. The fraction of sp³-hybridized carbons (Fsp3) is 0.176. The van der Waals surface area contributed by atoms with E-state index in [0.717, 1.165) is 0 Å². The van der Waals surface area contributed by atoms with Crippen molar-refractivity contribution in [2.75, 3.05) is 6.61 Å². The lowest BCUT2D eigenvalue weighted by atomic mass is 9.97. The Bertz CT molecular complexity index is 2140. The minimum Gasteiger partial charge on any atom is -0.504 e. The molecule has 56 heavy (non-hydrogen) atoms. The molecule has 0 radical (unpaired) electrons. The Morgan fingerprint density at radius 3 is 1.02 bits per heavy atom. The number of carbonyl (C=O) groups is 4. The maximum Gasteiger partial charge on any atom is 0.339 e. The molecule has 4 aromatic rings. The fourth-order valence-electron chi connectivity index (χ4n) is 5.14. The molecule has 0 aromatic heterocycles. The largest absolute Gasteiger partial charge is 0.504 e. The van der Waals surface area contributed by atoms with Crippen molar-refractivity contribution >= 4 is 23.9 Å². The Morgan fingerprint density at radius 1 is 0.429 bits per heavy atom. The second-order valence-corrected chi connectivity index (χ2v) is 11.7. The van der Waals surface area contributed by atoms with E-state index in [-0.39, 0.29) is 0 Å². The number of esters is 4. The van der Waals surface area contributed by atoms with Crippen molar-refractivity contribution < 1.29 is 109 Å². The second kappa shape index (κ2) is 15.3. The van der Waals surface area contributed by atoms with Crippen LogP contribution in [0.3, 0.4) is 0 Å². The molecule has 13 N–H and O–H groups in total. The molecule has 0 aliphatic carbocycles. The summed E-state index contributed by atoms with van der Waals surface area (Å²) in [5.74, 6) is -18.2. The molecule has 296 valence electrons. The number of benzene rings is 4. The Morgan fingerprint density at radius 2 is 0.696 bits per heavy atom. The summed E-state index contributed by atoms with van der Waals surface area (Å²) >= 11 is 0. The van der Waals surface area contributed by atoms with Crippen LogP contribution in [0.5, 0.6) is 69.0 Å². The number of phenolic OH excluding ortho intramolecular Hbond substituents is 12. The number of ether oxygens (including phenoxy) is 5. The lowest BCUT2D eigenvalue weighted by Crippen LogP contribution is -2.62. The smallest absolute Gasteiger partial charge is 0.339 e. The summed E-state index contributed by atoms with van der Waals surface area (Å²) in [6, 6.07) is 4.99. The highest BCUT2D eigenvalue weighted by Crippen LogP contribution is 2.40. The lowest BCUT2D eigenvalue weighted by Gasteiger charge is -2.42. The molecular formula is C34H28O22. The first-order valence-electron chi connectivity index (χ1n) is 15.4. The van der Waals surface area contributed by atoms with Crippen LogP contribution >= 0.6 is 0 Å². The van der Waals surface area contributed by atoms with Gasteiger partial charge in [0.05, 0.1) is 22.3 Å². The van der Waals surface area contributed by atoms with Crippen molar-refractivity contribution in [1.82, 2.24) is 0 Å². The Labute approximate surface area is 310 Å². The van der Waals surface area contributed by atoms with Gasteiger partial charge in [-0.15, -0.1) is 0 Å². The van der Waals surface area contributed by atoms with Crippen LogP contribution in [0.4, 0.5) is 0 Å². The highest BCUT2D eigenvalue weighted by molar-refractivity contribution is 5.93. The molecule has 1 fully saturated rings. The highest BCUT2D eigenvalue weighted by Gasteiger charge is 2.53. The topological polar surface area (TPSA) is 377 Å². The van der Waals surface area contributed by atoms with Crippen LogP contribution in [-0.2, 0) is 23.7 Å². The van der Waals surface area contributed by atoms with Crippen molar-refractivity contribution in [1.29, 1.82) is 0 Å². The Hall–Kier alpha value is -7.72. The monoisotopic (exact) mass is 788 g/mol. The van der Waals surface area contributed by atoms with E-state index in [0.29, 0.717) is 48.5 Å². The van der Waals surface area contributed by atoms with Gasteiger partial charge < -0.3 is 90.1 Å². The van der Waals surface area contributed by atoms with E-state index in [1.165, 1.54) is 0 Å². The van der Waals surface area contributed by atoms with Crippen LogP contribution in [-0.4, -0.2) is 128 Å². The number of aromatic hydroxyl groups is 12. The summed E-state index contributed by atoms with van der Waals surface area (Å²) < 4.78 is 26.8. The second-order valence-electron chi connectivity index (χ2n) is 11.7. The number of carbonyl (C=O) groups excluding carboxylic acids is 4. The van der Waals surface area contributed by atoms with E-state index >= 15 is 0 Å². The number of hydrogen-bond acceptors (Lipinski definition) is 22. The molecule has 22 heteroatoms. The first kappa shape index (κ1) is 39.5. The average molecular weight is 789 g/mol. The summed E-state index contributed by atoms with van der Waals surface area (Å²) in [4.78, 5) is 53.1. The summed E-state index contributed by atoms with van der Waals surface area (Å²) in [6.07, 6.45) is -11.2. The van der Waals surface area contributed by atoms with Crippen molar-refractivity contribution in [2.24, 2.45) is 0 Å². The maximum atomic E-state index is 13.5. The molecular weight excluding hydrogens is 760 g/mol. The molecule has 5 atom stereocenters. The van der Waals surface area contributed by atoms with Crippen molar-refractivity contribution in [3.8, 4) is 69.0 Å². The zero-order valence-corrected chi connectivity index (χ0v) is 27.7. The summed E-state index contributed by atoms with van der Waals surface area (Å²) in [5, 5.41) is 129. The molecule has 0 saturated carbocycles. The van der Waals surface area contributed by atoms with E-state index in [1.807, 2.05) is 0 Å². The first-order chi connectivity index (χ1) is 26.3. The zero-order chi connectivity index (χ0) is 41.3. The molecule has 1 saturated heterocycles. The van der Waals surface area contributed by atoms with Crippen LogP contribution < -0.4 is 0 Å². The molecule has 1 aliphatic rings. The first-order valence-corrected chi connectivity index (χ1v) is 15.4. The van der Waals surface area contributed by atoms with Gasteiger partial charge in [-0.1, -0.05) is 0 Å². The van der Waals surface area contributed by atoms with E-state index in [9.17, 15) is 85.6 Å². The standard InChI is InChI=1S/C34H28O22/c35-14-1-10(2-15(36)23(14)43)30(47)52-9-22-27(54-31(48)11-3-16(37)24(44)17(38)4-11)28(55-32(49)12-5-18(39)25(45)19(40)6-12)29(34(51)53-22)56-33(50)13-7-20(41)26(46)21(42)8-13/h1-8,22,27-29,34-46,51H,9H2/t22-,27+,28-,29-,34-/m1/s1. The van der Waals surface area contributed by atoms with E-state index < -0.39 is 152 Å². The van der Waals surface area contributed by atoms with Crippen LogP contribution in [0, 0.1) is 0 Å². The van der Waals surface area contributed by atoms with Gasteiger partial charge in [-0.25, -0.2) is 19.2 Å². The number of hydrogen-bond donors (Lipinski definition) is 13. The van der Waals surface area contributed by atoms with Crippen LogP contribution in [0.1, 0.15) is 41.4 Å². The molecule has 0 bridgehead atoms. The van der Waals surface area contributed by atoms with Gasteiger partial charge in [-0.05, 0) is 48.5 Å². The van der Waals surface area contributed by atoms with E-state index in [1.54, 1.807) is 0 Å². The van der Waals surface area contributed by atoms with Crippen LogP contribution in [0.15, 0.2) is 48.5 Å². The third kappa shape index (κ3) is 7.95. The van der Waals surface area contributed by atoms with Gasteiger partial charge in [0, 0.05) is 0 Å². The third-order valence-corrected chi connectivity index (χ3v) is 7.94. The fourth-order valence-corrected chi connectivity index (χ4v) is 5.14. The van der Waals surface area contributed by atoms with Crippen molar-refractivity contribution in [2.45, 2.75) is 30.7 Å². The minimum atomic E-state index is -2.43. The Balaban J connectivity index is 1.57. The molecule has 5 rings (SSSR count). The molecule has 0 spiro atoms. The molecule has 0 unspecified atom stereocenters. The zero-order valence-electron chi connectivity index (χ0n) is 27.7. The third-order valence-electron chi connectivity index (χ3n) is 7.94. The molecule has 0 amide bonds. The van der Waals surface area contributed by atoms with Gasteiger partial charge in [-0.3, -0.25) is 0 Å². The van der Waals surface area contributed by atoms with Crippen molar-refractivity contribution in [3.05, 3.63) is 70.8 Å². The predicted molar refractivity (Wildman–Crippen MR) is 175 cm³/mol. The number of aliphatic hydroxyl groups is 1. The summed E-state index contributed by atoms with van der Waals surface area (Å²) in [7, 11) is 0. The van der Waals surface area contributed by atoms with Gasteiger partial charge in [0.2, 0.25) is 0 Å². The maximum absolute atomic E-state index is 13.5. The predicted octanol–water partition coefficient (Wildman–Crippen LogP) is 0.705. The van der Waals surface area contributed by atoms with Gasteiger partial charge in [-0.2, -0.15) is 0 Å². The Kier molecular flexibility index (Phi) is 10.8. The summed E-state index contributed by atoms with van der Waals surface area (Å²) in [6.45, 7) is -1.09. The van der Waals surface area contributed by atoms with Gasteiger partial charge in [0.15, 0.2) is 93.6 Å². The normalized spacial score (nSPS) is 19.1. The van der Waals surface area contributed by atoms with Gasteiger partial charge >= 0.3 is 23.9 Å². The molecule has 1 aliphatic heterocycles. The minimum absolute atomic E-state index is 0.570. The quantitative estimate of drug-likeness (QED) is 0.0630. The van der Waals surface area contributed by atoms with E-state index in [4.69, 9.17) is 23.7 Å². The highest BCUT2D eigenvalue weighted by atomic mass is 16.7. The SMILES string of the molecule is O=C(OC[C@H]1O[C@@H](O)[C@H](OC(=O)c2cc(O)c(O)c(O)c2)[C@H](OC(=O)c2cc(O)c(O)c(O)c2)[C@H]1OC(=O)c1cc(O)c(O)c(O)c1)c1cc(O)c(O)c(O)c1. The van der Waals surface area contributed by atoms with Gasteiger partial charge in [0.1, 0.15) is 12.7 Å². The number of aliphatic hydroxyl groups excluding tert-OH is 1.